The van der Waals surface area contributed by atoms with Crippen molar-refractivity contribution >= 4 is 23.5 Å². The highest BCUT2D eigenvalue weighted by Crippen LogP contribution is 2.10. The first-order valence-electron chi connectivity index (χ1n) is 6.70. The lowest BCUT2D eigenvalue weighted by Gasteiger charge is -2.13. The van der Waals surface area contributed by atoms with Crippen molar-refractivity contribution in [2.45, 2.75) is 33.3 Å². The molecule has 0 bridgehead atoms. The molecule has 6 heteroatoms. The molecule has 6 nitrogen and oxygen atoms in total. The average molecular weight is 292 g/mol. The van der Waals surface area contributed by atoms with E-state index < -0.39 is 18.0 Å². The minimum absolute atomic E-state index is 0.0294. The summed E-state index contributed by atoms with van der Waals surface area (Å²) in [6.07, 6.45) is -0.864. The van der Waals surface area contributed by atoms with E-state index in [2.05, 4.69) is 10.6 Å². The van der Waals surface area contributed by atoms with Gasteiger partial charge in [0, 0.05) is 19.2 Å². The molecule has 0 aromatic heterocycles. The molecule has 1 aromatic rings. The van der Waals surface area contributed by atoms with Crippen molar-refractivity contribution in [2.24, 2.45) is 0 Å². The number of benzene rings is 1. The number of hydrogen-bond acceptors (Lipinski definition) is 4. The van der Waals surface area contributed by atoms with E-state index in [1.165, 1.54) is 13.8 Å². The molecular weight excluding hydrogens is 272 g/mol. The minimum atomic E-state index is -0.893. The highest BCUT2D eigenvalue weighted by atomic mass is 16.5. The molecule has 0 aliphatic carbocycles. The number of carbonyl (C=O) groups excluding carboxylic acids is 3. The van der Waals surface area contributed by atoms with Gasteiger partial charge in [-0.1, -0.05) is 12.1 Å². The molecule has 2 amide bonds. The number of nitrogens with one attached hydrogen (secondary N) is 2. The second-order valence-corrected chi connectivity index (χ2v) is 4.72. The molecule has 0 radical (unpaired) electrons. The lowest BCUT2D eigenvalue weighted by molar-refractivity contribution is -0.153. The van der Waals surface area contributed by atoms with Gasteiger partial charge in [-0.3, -0.25) is 14.4 Å². The minimum Gasteiger partial charge on any atom is -0.452 e. The number of amides is 2. The van der Waals surface area contributed by atoms with Crippen LogP contribution in [-0.2, 0) is 19.1 Å². The Labute approximate surface area is 123 Å². The van der Waals surface area contributed by atoms with E-state index in [1.54, 1.807) is 6.07 Å². The van der Waals surface area contributed by atoms with Crippen LogP contribution in [0.1, 0.15) is 25.8 Å². The quantitative estimate of drug-likeness (QED) is 0.776. The number of ether oxygens (including phenoxy) is 1. The summed E-state index contributed by atoms with van der Waals surface area (Å²) in [5.41, 5.74) is 1.67. The molecule has 21 heavy (non-hydrogen) atoms. The van der Waals surface area contributed by atoms with Crippen LogP contribution in [0.2, 0.25) is 0 Å². The summed E-state index contributed by atoms with van der Waals surface area (Å²) in [6, 6.07) is 7.33. The van der Waals surface area contributed by atoms with Crippen LogP contribution in [0.25, 0.3) is 0 Å². The van der Waals surface area contributed by atoms with E-state index in [0.29, 0.717) is 5.69 Å². The van der Waals surface area contributed by atoms with Crippen LogP contribution in [0.15, 0.2) is 24.3 Å². The Morgan fingerprint density at radius 3 is 2.62 bits per heavy atom. The largest absolute Gasteiger partial charge is 0.452 e. The van der Waals surface area contributed by atoms with E-state index in [0.717, 1.165) is 5.56 Å². The first kappa shape index (κ1) is 16.7. The van der Waals surface area contributed by atoms with Crippen molar-refractivity contribution in [1.29, 1.82) is 0 Å². The molecule has 0 aliphatic rings. The molecule has 0 saturated heterocycles. The normalized spacial score (nSPS) is 11.4. The van der Waals surface area contributed by atoms with Crippen molar-refractivity contribution < 1.29 is 19.1 Å². The van der Waals surface area contributed by atoms with E-state index in [9.17, 15) is 14.4 Å². The Morgan fingerprint density at radius 2 is 2.00 bits per heavy atom. The third-order valence-electron chi connectivity index (χ3n) is 2.67. The van der Waals surface area contributed by atoms with Crippen molar-refractivity contribution in [1.82, 2.24) is 5.32 Å². The van der Waals surface area contributed by atoms with Crippen LogP contribution >= 0.6 is 0 Å². The third kappa shape index (κ3) is 6.56. The van der Waals surface area contributed by atoms with Crippen molar-refractivity contribution in [2.75, 3.05) is 11.9 Å². The molecule has 1 rings (SSSR count). The Morgan fingerprint density at radius 1 is 1.29 bits per heavy atom. The molecule has 0 unspecified atom stereocenters. The zero-order chi connectivity index (χ0) is 15.8. The maximum atomic E-state index is 11.9. The van der Waals surface area contributed by atoms with Crippen LogP contribution in [0, 0.1) is 6.92 Å². The molecule has 0 heterocycles. The summed E-state index contributed by atoms with van der Waals surface area (Å²) < 4.78 is 4.99. The van der Waals surface area contributed by atoms with E-state index >= 15 is 0 Å². The topological polar surface area (TPSA) is 84.5 Å². The van der Waals surface area contributed by atoms with Gasteiger partial charge in [0.2, 0.25) is 5.91 Å². The number of rotatable bonds is 6. The second-order valence-electron chi connectivity index (χ2n) is 4.72. The fourth-order valence-corrected chi connectivity index (χ4v) is 1.62. The van der Waals surface area contributed by atoms with Crippen molar-refractivity contribution in [3.05, 3.63) is 29.8 Å². The summed E-state index contributed by atoms with van der Waals surface area (Å²) in [4.78, 5) is 34.0. The number of hydrogen-bond donors (Lipinski definition) is 2. The van der Waals surface area contributed by atoms with E-state index in [1.807, 2.05) is 25.1 Å². The van der Waals surface area contributed by atoms with Crippen LogP contribution in [0.4, 0.5) is 5.69 Å². The van der Waals surface area contributed by atoms with Gasteiger partial charge in [0.05, 0.1) is 6.42 Å². The zero-order valence-electron chi connectivity index (χ0n) is 12.4. The molecule has 0 aliphatic heterocycles. The van der Waals surface area contributed by atoms with Gasteiger partial charge in [-0.25, -0.2) is 0 Å². The van der Waals surface area contributed by atoms with Gasteiger partial charge in [0.25, 0.3) is 5.91 Å². The molecule has 114 valence electrons. The maximum Gasteiger partial charge on any atom is 0.308 e. The second kappa shape index (κ2) is 8.04. The van der Waals surface area contributed by atoms with Crippen molar-refractivity contribution in [3.63, 3.8) is 0 Å². The predicted octanol–water partition coefficient (Wildman–Crippen LogP) is 1.39. The molecule has 0 fully saturated rings. The fraction of sp³-hybridized carbons (Fsp3) is 0.400. The van der Waals surface area contributed by atoms with Crippen LogP contribution < -0.4 is 10.6 Å². The van der Waals surface area contributed by atoms with E-state index in [-0.39, 0.29) is 18.9 Å². The monoisotopic (exact) mass is 292 g/mol. The molecule has 0 saturated carbocycles. The zero-order valence-corrected chi connectivity index (χ0v) is 12.4. The highest BCUT2D eigenvalue weighted by molar-refractivity contribution is 5.95. The van der Waals surface area contributed by atoms with Gasteiger partial charge in [0.15, 0.2) is 6.10 Å². The molecule has 2 N–H and O–H groups in total. The lowest BCUT2D eigenvalue weighted by Crippen LogP contribution is -2.31. The van der Waals surface area contributed by atoms with E-state index in [4.69, 9.17) is 4.74 Å². The molecule has 1 atom stereocenters. The van der Waals surface area contributed by atoms with Gasteiger partial charge < -0.3 is 15.4 Å². The summed E-state index contributed by atoms with van der Waals surface area (Å²) >= 11 is 0. The third-order valence-corrected chi connectivity index (χ3v) is 2.67. The summed E-state index contributed by atoms with van der Waals surface area (Å²) in [5, 5.41) is 5.16. The summed E-state index contributed by atoms with van der Waals surface area (Å²) in [6.45, 7) is 4.98. The molecule has 0 spiro atoms. The first-order chi connectivity index (χ1) is 9.88. The predicted molar refractivity (Wildman–Crippen MR) is 78.7 cm³/mol. The number of aryl methyl sites for hydroxylation is 1. The average Bonchev–Trinajstić information content (AvgIpc) is 2.38. The maximum absolute atomic E-state index is 11.9. The summed E-state index contributed by atoms with van der Waals surface area (Å²) in [5.74, 6) is -1.14. The van der Waals surface area contributed by atoms with Crippen LogP contribution in [-0.4, -0.2) is 30.4 Å². The van der Waals surface area contributed by atoms with Crippen molar-refractivity contribution in [3.8, 4) is 0 Å². The van der Waals surface area contributed by atoms with Gasteiger partial charge in [-0.05, 0) is 31.5 Å². The summed E-state index contributed by atoms with van der Waals surface area (Å²) in [7, 11) is 0. The number of esters is 1. The Kier molecular flexibility index (Phi) is 6.39. The molecular formula is C15H20N2O4. The first-order valence-corrected chi connectivity index (χ1v) is 6.70. The Balaban J connectivity index is 2.40. The lowest BCUT2D eigenvalue weighted by atomic mass is 10.2. The van der Waals surface area contributed by atoms with Crippen LogP contribution in [0.3, 0.4) is 0 Å². The fourth-order valence-electron chi connectivity index (χ4n) is 1.62. The van der Waals surface area contributed by atoms with Gasteiger partial charge >= 0.3 is 5.97 Å². The Hall–Kier alpha value is -2.37. The Bertz CT molecular complexity index is 528. The SMILES string of the molecule is CC(=O)NCCC(=O)O[C@H](C)C(=O)Nc1cccc(C)c1. The number of carbonyl (C=O) groups is 3. The highest BCUT2D eigenvalue weighted by Gasteiger charge is 2.17. The van der Waals surface area contributed by atoms with Gasteiger partial charge in [-0.2, -0.15) is 0 Å². The molecule has 1 aromatic carbocycles. The smallest absolute Gasteiger partial charge is 0.308 e. The standard InChI is InChI=1S/C15H20N2O4/c1-10-5-4-6-13(9-10)17-15(20)11(2)21-14(19)7-8-16-12(3)18/h4-6,9,11H,7-8H2,1-3H3,(H,16,18)(H,17,20)/t11-/m1/s1. The van der Waals surface area contributed by atoms with Crippen LogP contribution in [0.5, 0.6) is 0 Å². The number of anilines is 1. The van der Waals surface area contributed by atoms with Gasteiger partial charge in [0.1, 0.15) is 0 Å². The van der Waals surface area contributed by atoms with Gasteiger partial charge in [-0.15, -0.1) is 0 Å².